The fourth-order valence-corrected chi connectivity index (χ4v) is 3.87. The lowest BCUT2D eigenvalue weighted by molar-refractivity contribution is -0.141. The number of amides is 1. The Morgan fingerprint density at radius 2 is 1.91 bits per heavy atom. The van der Waals surface area contributed by atoms with E-state index in [1.54, 1.807) is 26.1 Å². The number of aryl methyl sites for hydroxylation is 1. The van der Waals surface area contributed by atoms with E-state index in [0.717, 1.165) is 37.1 Å². The van der Waals surface area contributed by atoms with Crippen molar-refractivity contribution in [3.05, 3.63) is 65.4 Å². The molecule has 3 rings (SSSR count). The monoisotopic (exact) mass is 471 g/mol. The molecule has 0 aromatic carbocycles. The summed E-state index contributed by atoms with van der Waals surface area (Å²) in [6.45, 7) is 7.54. The van der Waals surface area contributed by atoms with Gasteiger partial charge in [-0.15, -0.1) is 0 Å². The zero-order valence-corrected chi connectivity index (χ0v) is 19.7. The first-order chi connectivity index (χ1) is 16.1. The van der Waals surface area contributed by atoms with Crippen molar-refractivity contribution in [1.29, 1.82) is 0 Å². The molecule has 180 valence electrons. The number of aromatic nitrogens is 4. The summed E-state index contributed by atoms with van der Waals surface area (Å²) in [4.78, 5) is 20.4. The highest BCUT2D eigenvalue weighted by Gasteiger charge is 2.33. The highest BCUT2D eigenvalue weighted by Crippen LogP contribution is 2.33. The molecule has 0 atom stereocenters. The number of rotatable bonds is 8. The zero-order valence-electron chi connectivity index (χ0n) is 19.7. The van der Waals surface area contributed by atoms with Crippen molar-refractivity contribution in [2.45, 2.75) is 59.7 Å². The van der Waals surface area contributed by atoms with Crippen molar-refractivity contribution in [3.63, 3.8) is 0 Å². The maximum atomic E-state index is 13.1. The van der Waals surface area contributed by atoms with Gasteiger partial charge in [-0.3, -0.25) is 14.5 Å². The van der Waals surface area contributed by atoms with Crippen LogP contribution < -0.4 is 5.32 Å². The van der Waals surface area contributed by atoms with Crippen LogP contribution in [0.2, 0.25) is 0 Å². The summed E-state index contributed by atoms with van der Waals surface area (Å²) in [5, 5.41) is 7.12. The van der Waals surface area contributed by atoms with Crippen LogP contribution in [-0.4, -0.2) is 25.7 Å². The van der Waals surface area contributed by atoms with E-state index in [9.17, 15) is 18.0 Å². The molecule has 1 N–H and O–H groups in total. The maximum absolute atomic E-state index is 13.1. The third-order valence-corrected chi connectivity index (χ3v) is 5.39. The Hall–Kier alpha value is -3.49. The molecule has 1 amide bonds. The van der Waals surface area contributed by atoms with Crippen LogP contribution in [0.5, 0.6) is 0 Å². The second kappa shape index (κ2) is 10.6. The van der Waals surface area contributed by atoms with Crippen LogP contribution in [0.1, 0.15) is 55.8 Å². The van der Waals surface area contributed by atoms with Crippen molar-refractivity contribution >= 4 is 17.3 Å². The first-order valence-electron chi connectivity index (χ1n) is 11.2. The Balaban J connectivity index is 1.75. The molecule has 0 aliphatic heterocycles. The second-order valence-corrected chi connectivity index (χ2v) is 8.00. The van der Waals surface area contributed by atoms with Crippen LogP contribution >= 0.6 is 0 Å². The normalized spacial score (nSPS) is 12.1. The van der Waals surface area contributed by atoms with Gasteiger partial charge in [-0.1, -0.05) is 26.3 Å². The summed E-state index contributed by atoms with van der Waals surface area (Å²) in [6, 6.07) is 6.19. The number of halogens is 3. The molecule has 0 bridgehead atoms. The van der Waals surface area contributed by atoms with Crippen LogP contribution in [-0.2, 0) is 17.5 Å². The number of pyridine rings is 2. The Bertz CT molecular complexity index is 1180. The number of carbonyl (C=O) groups excluding carboxylic acids is 1. The molecule has 0 radical (unpaired) electrons. The SMILES string of the molecule is CC/C=C(\CCC)c1ccc(NC(=O)Cn2nc(C)c(-c3ccnc(C(F)(F)F)c3)c2C)nc1. The number of carbonyl (C=O) groups is 1. The van der Waals surface area contributed by atoms with Gasteiger partial charge in [0.15, 0.2) is 0 Å². The van der Waals surface area contributed by atoms with Gasteiger partial charge in [-0.05, 0) is 67.7 Å². The highest BCUT2D eigenvalue weighted by molar-refractivity contribution is 5.89. The summed E-state index contributed by atoms with van der Waals surface area (Å²) in [7, 11) is 0. The molecule has 3 aromatic heterocycles. The summed E-state index contributed by atoms with van der Waals surface area (Å²) < 4.78 is 40.7. The highest BCUT2D eigenvalue weighted by atomic mass is 19.4. The van der Waals surface area contributed by atoms with Gasteiger partial charge in [0.25, 0.3) is 0 Å². The summed E-state index contributed by atoms with van der Waals surface area (Å²) in [6.07, 6.45) is 3.44. The van der Waals surface area contributed by atoms with Gasteiger partial charge in [0.1, 0.15) is 18.1 Å². The van der Waals surface area contributed by atoms with E-state index in [4.69, 9.17) is 0 Å². The number of hydrogen-bond donors (Lipinski definition) is 1. The predicted molar refractivity (Wildman–Crippen MR) is 126 cm³/mol. The smallest absolute Gasteiger partial charge is 0.309 e. The quantitative estimate of drug-likeness (QED) is 0.424. The average molecular weight is 472 g/mol. The lowest BCUT2D eigenvalue weighted by atomic mass is 10.0. The summed E-state index contributed by atoms with van der Waals surface area (Å²) >= 11 is 0. The van der Waals surface area contributed by atoms with E-state index in [2.05, 4.69) is 40.3 Å². The minimum absolute atomic E-state index is 0.0931. The third kappa shape index (κ3) is 5.89. The Kier molecular flexibility index (Phi) is 7.86. The lowest BCUT2D eigenvalue weighted by Gasteiger charge is -2.10. The Morgan fingerprint density at radius 3 is 2.53 bits per heavy atom. The van der Waals surface area contributed by atoms with Crippen LogP contribution in [0.25, 0.3) is 16.7 Å². The molecule has 0 saturated carbocycles. The first-order valence-corrected chi connectivity index (χ1v) is 11.2. The van der Waals surface area contributed by atoms with E-state index >= 15 is 0 Å². The van der Waals surface area contributed by atoms with Gasteiger partial charge in [0.05, 0.1) is 5.69 Å². The fraction of sp³-hybridized carbons (Fsp3) is 0.360. The minimum atomic E-state index is -4.54. The van der Waals surface area contributed by atoms with Crippen molar-refractivity contribution in [3.8, 4) is 11.1 Å². The van der Waals surface area contributed by atoms with Gasteiger partial charge >= 0.3 is 6.18 Å². The van der Waals surface area contributed by atoms with E-state index < -0.39 is 11.9 Å². The van der Waals surface area contributed by atoms with Gasteiger partial charge in [-0.25, -0.2) is 4.98 Å². The number of alkyl halides is 3. The molecule has 0 spiro atoms. The molecule has 0 unspecified atom stereocenters. The molecule has 3 aromatic rings. The van der Waals surface area contributed by atoms with Crippen molar-refractivity contribution in [2.24, 2.45) is 0 Å². The standard InChI is InChI=1S/C25H28F3N5O/c1-5-7-18(8-6-2)20-9-10-22(30-14-20)31-23(34)15-33-17(4)24(16(3)32-33)19-11-12-29-21(13-19)25(26,27)28/h7,9-14H,5-6,8,15H2,1-4H3,(H,30,31,34)/b18-7+. The average Bonchev–Trinajstić information content (AvgIpc) is 3.06. The van der Waals surface area contributed by atoms with Gasteiger partial charge < -0.3 is 5.32 Å². The number of nitrogens with zero attached hydrogens (tertiary/aromatic N) is 4. The molecule has 34 heavy (non-hydrogen) atoms. The number of anilines is 1. The second-order valence-electron chi connectivity index (χ2n) is 8.00. The number of nitrogens with one attached hydrogen (secondary N) is 1. The van der Waals surface area contributed by atoms with E-state index in [1.165, 1.54) is 16.3 Å². The Morgan fingerprint density at radius 1 is 1.15 bits per heavy atom. The predicted octanol–water partition coefficient (Wildman–Crippen LogP) is 6.21. The molecule has 6 nitrogen and oxygen atoms in total. The maximum Gasteiger partial charge on any atom is 0.433 e. The van der Waals surface area contributed by atoms with Crippen LogP contribution in [0.3, 0.4) is 0 Å². The van der Waals surface area contributed by atoms with Crippen LogP contribution in [0.4, 0.5) is 19.0 Å². The van der Waals surface area contributed by atoms with Crippen molar-refractivity contribution < 1.29 is 18.0 Å². The van der Waals surface area contributed by atoms with E-state index in [1.807, 2.05) is 6.07 Å². The molecule has 3 heterocycles. The molecular formula is C25H28F3N5O. The third-order valence-electron chi connectivity index (χ3n) is 5.39. The molecule has 0 aliphatic carbocycles. The van der Waals surface area contributed by atoms with E-state index in [0.29, 0.717) is 28.3 Å². The van der Waals surface area contributed by atoms with Gasteiger partial charge in [-0.2, -0.15) is 18.3 Å². The molecule has 0 fully saturated rings. The van der Waals surface area contributed by atoms with Crippen LogP contribution in [0, 0.1) is 13.8 Å². The van der Waals surface area contributed by atoms with Crippen molar-refractivity contribution in [2.75, 3.05) is 5.32 Å². The first kappa shape index (κ1) is 25.1. The molecule has 0 saturated heterocycles. The number of hydrogen-bond acceptors (Lipinski definition) is 4. The fourth-order valence-electron chi connectivity index (χ4n) is 3.87. The zero-order chi connectivity index (χ0) is 24.9. The largest absolute Gasteiger partial charge is 0.433 e. The molecule has 9 heteroatoms. The summed E-state index contributed by atoms with van der Waals surface area (Å²) in [5.41, 5.74) is 3.30. The van der Waals surface area contributed by atoms with Crippen molar-refractivity contribution in [1.82, 2.24) is 19.7 Å². The van der Waals surface area contributed by atoms with Crippen LogP contribution in [0.15, 0.2) is 42.7 Å². The lowest BCUT2D eigenvalue weighted by Crippen LogP contribution is -2.21. The van der Waals surface area contributed by atoms with Gasteiger partial charge in [0.2, 0.25) is 5.91 Å². The topological polar surface area (TPSA) is 72.7 Å². The molecular weight excluding hydrogens is 443 g/mol. The van der Waals surface area contributed by atoms with Gasteiger partial charge in [0, 0.05) is 23.7 Å². The minimum Gasteiger partial charge on any atom is -0.309 e. The Labute approximate surface area is 196 Å². The molecule has 0 aliphatic rings. The number of allylic oxidation sites excluding steroid dienone is 2. The summed E-state index contributed by atoms with van der Waals surface area (Å²) in [5.74, 6) is 0.0906. The van der Waals surface area contributed by atoms with E-state index in [-0.39, 0.29) is 12.5 Å².